The van der Waals surface area contributed by atoms with Crippen LogP contribution in [-0.2, 0) is 19.6 Å². The Labute approximate surface area is 119 Å². The van der Waals surface area contributed by atoms with Crippen LogP contribution in [0.2, 0.25) is 0 Å². The first-order valence-electron chi connectivity index (χ1n) is 6.98. The fraction of sp³-hybridized carbons (Fsp3) is 0.833. The molecule has 2 aliphatic heterocycles. The van der Waals surface area contributed by atoms with Gasteiger partial charge in [-0.2, -0.15) is 0 Å². The minimum Gasteiger partial charge on any atom is -0.342 e. The van der Waals surface area contributed by atoms with Crippen molar-refractivity contribution in [3.8, 4) is 0 Å². The number of carbonyl (C=O) groups is 2. The molecule has 0 aromatic carbocycles. The maximum Gasteiger partial charge on any atom is 0.224 e. The number of hydrogen-bond donors (Lipinski definition) is 0. The summed E-state index contributed by atoms with van der Waals surface area (Å²) in [5.74, 6) is 0.162. The maximum atomic E-state index is 12.0. The lowest BCUT2D eigenvalue weighted by Gasteiger charge is -2.33. The molecule has 2 rings (SSSR count). The quantitative estimate of drug-likeness (QED) is 0.631. The van der Waals surface area contributed by atoms with Crippen LogP contribution in [0.3, 0.4) is 0 Å². The van der Waals surface area contributed by atoms with Gasteiger partial charge < -0.3 is 9.80 Å². The van der Waals surface area contributed by atoms with E-state index < -0.39 is 10.0 Å². The third kappa shape index (κ3) is 3.69. The maximum absolute atomic E-state index is 12.0. The molecule has 20 heavy (non-hydrogen) atoms. The van der Waals surface area contributed by atoms with Gasteiger partial charge in [0.1, 0.15) is 0 Å². The topological polar surface area (TPSA) is 78.0 Å². The largest absolute Gasteiger partial charge is 0.342 e. The van der Waals surface area contributed by atoms with E-state index in [0.717, 1.165) is 12.8 Å². The normalized spacial score (nSPS) is 23.6. The van der Waals surface area contributed by atoms with Crippen molar-refractivity contribution in [2.45, 2.75) is 19.3 Å². The molecule has 2 amide bonds. The number of piperazine rings is 1. The highest BCUT2D eigenvalue weighted by Gasteiger charge is 2.27. The summed E-state index contributed by atoms with van der Waals surface area (Å²) < 4.78 is 25.0. The zero-order valence-electron chi connectivity index (χ0n) is 11.5. The first-order chi connectivity index (χ1) is 9.53. The molecule has 114 valence electrons. The number of rotatable bonds is 4. The molecule has 0 atom stereocenters. The predicted molar refractivity (Wildman–Crippen MR) is 73.4 cm³/mol. The summed E-state index contributed by atoms with van der Waals surface area (Å²) in [6.45, 7) is 2.97. The van der Waals surface area contributed by atoms with E-state index in [9.17, 15) is 18.0 Å². The van der Waals surface area contributed by atoms with Crippen molar-refractivity contribution < 1.29 is 18.0 Å². The smallest absolute Gasteiger partial charge is 0.224 e. The minimum atomic E-state index is -3.15. The van der Waals surface area contributed by atoms with Crippen molar-refractivity contribution in [2.75, 3.05) is 45.0 Å². The second-order valence-corrected chi connectivity index (χ2v) is 7.28. The van der Waals surface area contributed by atoms with Crippen LogP contribution in [0.25, 0.3) is 0 Å². The molecule has 0 spiro atoms. The Hall–Kier alpha value is -1.15. The number of carbonyl (C=O) groups excluding carboxylic acids is 2. The molecule has 0 bridgehead atoms. The van der Waals surface area contributed by atoms with Gasteiger partial charge in [-0.3, -0.25) is 9.59 Å². The molecular weight excluding hydrogens is 282 g/mol. The van der Waals surface area contributed by atoms with Crippen molar-refractivity contribution in [2.24, 2.45) is 0 Å². The van der Waals surface area contributed by atoms with Gasteiger partial charge in [0.2, 0.25) is 22.3 Å². The molecule has 2 saturated heterocycles. The molecule has 0 radical (unpaired) electrons. The Morgan fingerprint density at radius 2 is 1.75 bits per heavy atom. The molecule has 8 heteroatoms. The Balaban J connectivity index is 1.79. The molecule has 2 heterocycles. The van der Waals surface area contributed by atoms with Gasteiger partial charge in [-0.15, -0.1) is 0 Å². The van der Waals surface area contributed by atoms with Crippen molar-refractivity contribution in [1.29, 1.82) is 0 Å². The van der Waals surface area contributed by atoms with Gasteiger partial charge in [0.25, 0.3) is 0 Å². The summed E-state index contributed by atoms with van der Waals surface area (Å²) in [7, 11) is -3.15. The van der Waals surface area contributed by atoms with E-state index >= 15 is 0 Å². The predicted octanol–water partition coefficient (Wildman–Crippen LogP) is -0.897. The molecular formula is C12H21N3O4S. The summed E-state index contributed by atoms with van der Waals surface area (Å²) in [6.07, 6.45) is 2.59. The Morgan fingerprint density at radius 3 is 2.35 bits per heavy atom. The number of amides is 2. The van der Waals surface area contributed by atoms with Crippen LogP contribution in [0.4, 0.5) is 0 Å². The Morgan fingerprint density at radius 1 is 1.05 bits per heavy atom. The fourth-order valence-corrected chi connectivity index (χ4v) is 4.15. The zero-order valence-corrected chi connectivity index (χ0v) is 12.3. The third-order valence-corrected chi connectivity index (χ3v) is 5.80. The highest BCUT2D eigenvalue weighted by molar-refractivity contribution is 7.89. The molecule has 0 saturated carbocycles. The average Bonchev–Trinajstić information content (AvgIpc) is 2.45. The first-order valence-corrected chi connectivity index (χ1v) is 8.59. The molecule has 0 aliphatic carbocycles. The summed E-state index contributed by atoms with van der Waals surface area (Å²) in [4.78, 5) is 26.0. The molecule has 2 fully saturated rings. The lowest BCUT2D eigenvalue weighted by Crippen LogP contribution is -2.49. The fourth-order valence-electron chi connectivity index (χ4n) is 2.55. The lowest BCUT2D eigenvalue weighted by atomic mass is 10.2. The number of sulfonamides is 1. The summed E-state index contributed by atoms with van der Waals surface area (Å²) in [6, 6.07) is 0. The van der Waals surface area contributed by atoms with Crippen LogP contribution in [-0.4, -0.2) is 79.9 Å². The van der Waals surface area contributed by atoms with Crippen LogP contribution in [0.1, 0.15) is 19.3 Å². The standard InChI is InChI=1S/C12H21N3O4S/c16-11-13-6-8-14(9-7-13)12(17)3-5-15-4-1-2-10-20(15,18)19/h11H,1-10H2. The second-order valence-electron chi connectivity index (χ2n) is 5.19. The van der Waals surface area contributed by atoms with Gasteiger partial charge in [0.15, 0.2) is 0 Å². The monoisotopic (exact) mass is 303 g/mol. The van der Waals surface area contributed by atoms with Crippen molar-refractivity contribution in [3.63, 3.8) is 0 Å². The summed E-state index contributed by atoms with van der Waals surface area (Å²) in [5.41, 5.74) is 0. The molecule has 2 aliphatic rings. The van der Waals surface area contributed by atoms with Gasteiger partial charge in [0.05, 0.1) is 5.75 Å². The van der Waals surface area contributed by atoms with Crippen LogP contribution in [0.5, 0.6) is 0 Å². The van der Waals surface area contributed by atoms with E-state index in [2.05, 4.69) is 0 Å². The van der Waals surface area contributed by atoms with Crippen molar-refractivity contribution in [3.05, 3.63) is 0 Å². The molecule has 0 aromatic heterocycles. The SMILES string of the molecule is O=CN1CCN(C(=O)CCN2CCCCS2(=O)=O)CC1. The van der Waals surface area contributed by atoms with E-state index in [-0.39, 0.29) is 24.6 Å². The van der Waals surface area contributed by atoms with Crippen LogP contribution in [0.15, 0.2) is 0 Å². The van der Waals surface area contributed by atoms with E-state index in [1.807, 2.05) is 0 Å². The van der Waals surface area contributed by atoms with Gasteiger partial charge >= 0.3 is 0 Å². The van der Waals surface area contributed by atoms with Gasteiger partial charge in [0, 0.05) is 45.7 Å². The highest BCUT2D eigenvalue weighted by Crippen LogP contribution is 2.14. The average molecular weight is 303 g/mol. The number of hydrogen-bond acceptors (Lipinski definition) is 4. The van der Waals surface area contributed by atoms with Crippen LogP contribution < -0.4 is 0 Å². The zero-order chi connectivity index (χ0) is 14.6. The lowest BCUT2D eigenvalue weighted by molar-refractivity contribution is -0.135. The minimum absolute atomic E-state index is 0.0312. The summed E-state index contributed by atoms with van der Waals surface area (Å²) in [5, 5.41) is 0. The van der Waals surface area contributed by atoms with Gasteiger partial charge in [-0.25, -0.2) is 12.7 Å². The highest BCUT2D eigenvalue weighted by atomic mass is 32.2. The summed E-state index contributed by atoms with van der Waals surface area (Å²) >= 11 is 0. The van der Waals surface area contributed by atoms with E-state index in [0.29, 0.717) is 39.1 Å². The van der Waals surface area contributed by atoms with Crippen molar-refractivity contribution >= 4 is 22.3 Å². The van der Waals surface area contributed by atoms with Crippen LogP contribution >= 0.6 is 0 Å². The first kappa shape index (κ1) is 15.2. The molecule has 7 nitrogen and oxygen atoms in total. The molecule has 0 N–H and O–H groups in total. The number of nitrogens with zero attached hydrogens (tertiary/aromatic N) is 3. The van der Waals surface area contributed by atoms with E-state index in [4.69, 9.17) is 0 Å². The molecule has 0 unspecified atom stereocenters. The van der Waals surface area contributed by atoms with Gasteiger partial charge in [-0.05, 0) is 12.8 Å². The van der Waals surface area contributed by atoms with E-state index in [1.165, 1.54) is 4.31 Å². The Kier molecular flexibility index (Phi) is 4.98. The molecule has 0 aromatic rings. The second kappa shape index (κ2) is 6.53. The van der Waals surface area contributed by atoms with E-state index in [1.54, 1.807) is 9.80 Å². The Bertz CT molecular complexity index is 457. The van der Waals surface area contributed by atoms with Gasteiger partial charge in [-0.1, -0.05) is 0 Å². The van der Waals surface area contributed by atoms with Crippen molar-refractivity contribution in [1.82, 2.24) is 14.1 Å². The third-order valence-electron chi connectivity index (χ3n) is 3.84. The van der Waals surface area contributed by atoms with Crippen LogP contribution in [0, 0.1) is 0 Å².